The Morgan fingerprint density at radius 1 is 0.929 bits per heavy atom. The number of fused-ring (bicyclic) bond motifs is 1. The summed E-state index contributed by atoms with van der Waals surface area (Å²) in [6.45, 7) is 0.379. The van der Waals surface area contributed by atoms with E-state index in [1.54, 1.807) is 42.2 Å². The minimum absolute atomic E-state index is 0.0204. The van der Waals surface area contributed by atoms with Crippen molar-refractivity contribution in [2.75, 3.05) is 28.3 Å². The number of para-hydroxylation sites is 1. The van der Waals surface area contributed by atoms with Crippen molar-refractivity contribution < 1.29 is 23.4 Å². The maximum Gasteiger partial charge on any atom is 0.282 e. The van der Waals surface area contributed by atoms with E-state index in [2.05, 4.69) is 4.98 Å². The molecule has 5 rings (SSSR count). The predicted octanol–water partition coefficient (Wildman–Crippen LogP) is 5.16. The second-order valence-corrected chi connectivity index (χ2v) is 10.0. The van der Waals surface area contributed by atoms with Crippen LogP contribution in [0, 0.1) is 5.82 Å². The summed E-state index contributed by atoms with van der Waals surface area (Å²) in [5, 5.41) is 0.612. The molecule has 0 aliphatic rings. The summed E-state index contributed by atoms with van der Waals surface area (Å²) in [4.78, 5) is 33.3. The van der Waals surface area contributed by atoms with Gasteiger partial charge in [0.2, 0.25) is 0 Å². The number of carbonyl (C=O) groups excluding carboxylic acids is 1. The molecule has 216 valence electrons. The predicted molar refractivity (Wildman–Crippen MR) is 158 cm³/mol. The van der Waals surface area contributed by atoms with E-state index in [1.807, 2.05) is 49.3 Å². The molecule has 42 heavy (non-hydrogen) atoms. The third-order valence-corrected chi connectivity index (χ3v) is 6.92. The van der Waals surface area contributed by atoms with Gasteiger partial charge in [-0.05, 0) is 56.1 Å². The number of carbonyl (C=O) groups is 1. The first-order chi connectivity index (χ1) is 20.2. The number of ether oxygens (including phenoxy) is 3. The van der Waals surface area contributed by atoms with Crippen molar-refractivity contribution >= 4 is 16.7 Å². The normalized spacial score (nSPS) is 11.2. The molecule has 2 aromatic heterocycles. The van der Waals surface area contributed by atoms with Gasteiger partial charge in [0, 0.05) is 37.7 Å². The van der Waals surface area contributed by atoms with Gasteiger partial charge in [0.1, 0.15) is 11.3 Å². The molecular weight excluding hydrogens is 539 g/mol. The van der Waals surface area contributed by atoms with E-state index in [0.717, 1.165) is 0 Å². The summed E-state index contributed by atoms with van der Waals surface area (Å²) in [6, 6.07) is 18.5. The molecule has 2 heterocycles. The lowest BCUT2D eigenvalue weighted by molar-refractivity contribution is 0.0990. The van der Waals surface area contributed by atoms with Crippen molar-refractivity contribution in [3.63, 3.8) is 0 Å². The van der Waals surface area contributed by atoms with Crippen LogP contribution in [0.2, 0.25) is 0 Å². The standard InChI is InChI=1S/C32H31FN4O5/c1-35(2)19-25-31(32(39)37(36(25)3)21-9-7-6-8-10-21)26(38)16-20-11-12-28(23(33)15-20)42-27-13-14-34-24-18-30(41-5)29(40-4)17-22(24)27/h6-15,17-18H,16,19H2,1-5H3. The number of benzene rings is 3. The van der Waals surface area contributed by atoms with Crippen molar-refractivity contribution in [3.8, 4) is 28.7 Å². The lowest BCUT2D eigenvalue weighted by Crippen LogP contribution is -2.23. The van der Waals surface area contributed by atoms with Crippen LogP contribution >= 0.6 is 0 Å². The van der Waals surface area contributed by atoms with Gasteiger partial charge in [-0.3, -0.25) is 19.3 Å². The van der Waals surface area contributed by atoms with Crippen LogP contribution in [0.3, 0.4) is 0 Å². The van der Waals surface area contributed by atoms with Gasteiger partial charge in [-0.15, -0.1) is 0 Å². The molecule has 0 saturated heterocycles. The molecule has 0 N–H and O–H groups in total. The summed E-state index contributed by atoms with van der Waals surface area (Å²) >= 11 is 0. The van der Waals surface area contributed by atoms with Crippen molar-refractivity contribution in [1.29, 1.82) is 0 Å². The SMILES string of the molecule is COc1cc2nccc(Oc3ccc(CC(=O)c4c(CN(C)C)n(C)n(-c5ccccc5)c4=O)cc3F)c2cc1OC. The number of nitrogens with zero attached hydrogens (tertiary/aromatic N) is 4. The summed E-state index contributed by atoms with van der Waals surface area (Å²) in [6.07, 6.45) is 1.41. The Kier molecular flexibility index (Phi) is 8.08. The Balaban J connectivity index is 1.44. The molecule has 0 aliphatic carbocycles. The van der Waals surface area contributed by atoms with Gasteiger partial charge in [0.05, 0.1) is 31.1 Å². The second-order valence-electron chi connectivity index (χ2n) is 10.0. The van der Waals surface area contributed by atoms with Crippen LogP contribution in [0.25, 0.3) is 16.6 Å². The molecule has 0 saturated carbocycles. The summed E-state index contributed by atoms with van der Waals surface area (Å²) in [5.74, 6) is 0.316. The number of Topliss-reactive ketones (excluding diaryl/α,β-unsaturated/α-hetero) is 1. The molecule has 5 aromatic rings. The van der Waals surface area contributed by atoms with Crippen LogP contribution in [0.4, 0.5) is 4.39 Å². The first-order valence-electron chi connectivity index (χ1n) is 13.2. The molecule has 0 spiro atoms. The van der Waals surface area contributed by atoms with Gasteiger partial charge in [0.25, 0.3) is 5.56 Å². The van der Waals surface area contributed by atoms with E-state index in [0.29, 0.717) is 51.6 Å². The highest BCUT2D eigenvalue weighted by molar-refractivity contribution is 5.98. The number of pyridine rings is 1. The van der Waals surface area contributed by atoms with E-state index < -0.39 is 17.2 Å². The fourth-order valence-corrected chi connectivity index (χ4v) is 4.93. The quantitative estimate of drug-likeness (QED) is 0.214. The van der Waals surface area contributed by atoms with Crippen LogP contribution in [0.1, 0.15) is 21.6 Å². The molecule has 0 unspecified atom stereocenters. The molecule has 3 aromatic carbocycles. The third-order valence-electron chi connectivity index (χ3n) is 6.92. The molecular formula is C32H31FN4O5. The molecule has 0 bridgehead atoms. The van der Waals surface area contributed by atoms with E-state index in [9.17, 15) is 9.59 Å². The molecule has 0 radical (unpaired) electrons. The summed E-state index contributed by atoms with van der Waals surface area (Å²) in [7, 11) is 8.54. The lowest BCUT2D eigenvalue weighted by atomic mass is 10.0. The van der Waals surface area contributed by atoms with Crippen LogP contribution in [0.15, 0.2) is 77.7 Å². The van der Waals surface area contributed by atoms with Crippen LogP contribution in [-0.4, -0.2) is 53.3 Å². The van der Waals surface area contributed by atoms with Crippen molar-refractivity contribution in [3.05, 3.63) is 106 Å². The molecule has 0 amide bonds. The maximum absolute atomic E-state index is 15.3. The minimum atomic E-state index is -0.644. The average molecular weight is 571 g/mol. The van der Waals surface area contributed by atoms with Crippen LogP contribution in [0.5, 0.6) is 23.0 Å². The van der Waals surface area contributed by atoms with E-state index in [-0.39, 0.29) is 17.7 Å². The Morgan fingerprint density at radius 3 is 2.31 bits per heavy atom. The van der Waals surface area contributed by atoms with Crippen LogP contribution < -0.4 is 19.8 Å². The molecule has 9 nitrogen and oxygen atoms in total. The third kappa shape index (κ3) is 5.48. The number of hydrogen-bond acceptors (Lipinski definition) is 7. The van der Waals surface area contributed by atoms with Crippen molar-refractivity contribution in [2.24, 2.45) is 7.05 Å². The van der Waals surface area contributed by atoms with Gasteiger partial charge in [-0.25, -0.2) is 9.07 Å². The molecule has 0 fully saturated rings. The van der Waals surface area contributed by atoms with Gasteiger partial charge in [-0.2, -0.15) is 0 Å². The topological polar surface area (TPSA) is 87.8 Å². The monoisotopic (exact) mass is 570 g/mol. The maximum atomic E-state index is 15.3. The number of ketones is 1. The van der Waals surface area contributed by atoms with Gasteiger partial charge < -0.3 is 19.1 Å². The number of methoxy groups -OCH3 is 2. The first kappa shape index (κ1) is 28.6. The summed E-state index contributed by atoms with van der Waals surface area (Å²) in [5.41, 5.74) is 1.91. The molecule has 10 heteroatoms. The zero-order valence-corrected chi connectivity index (χ0v) is 24.1. The van der Waals surface area contributed by atoms with E-state index in [4.69, 9.17) is 14.2 Å². The van der Waals surface area contributed by atoms with E-state index in [1.165, 1.54) is 31.0 Å². The zero-order valence-electron chi connectivity index (χ0n) is 24.1. The first-order valence-corrected chi connectivity index (χ1v) is 13.2. The van der Waals surface area contributed by atoms with Gasteiger partial charge in [0.15, 0.2) is 28.8 Å². The Bertz CT molecular complexity index is 1830. The number of rotatable bonds is 10. The fourth-order valence-electron chi connectivity index (χ4n) is 4.93. The van der Waals surface area contributed by atoms with Crippen molar-refractivity contribution in [2.45, 2.75) is 13.0 Å². The minimum Gasteiger partial charge on any atom is -0.493 e. The number of halogens is 1. The van der Waals surface area contributed by atoms with Crippen molar-refractivity contribution in [1.82, 2.24) is 19.2 Å². The molecule has 0 aliphatic heterocycles. The highest BCUT2D eigenvalue weighted by atomic mass is 19.1. The Hall–Kier alpha value is -4.96. The van der Waals surface area contributed by atoms with Gasteiger partial charge >= 0.3 is 0 Å². The lowest BCUT2D eigenvalue weighted by Gasteiger charge is -2.14. The molecule has 0 atom stereocenters. The Labute approximate surface area is 242 Å². The van der Waals surface area contributed by atoms with E-state index >= 15 is 4.39 Å². The number of hydrogen-bond donors (Lipinski definition) is 0. The number of aromatic nitrogens is 3. The zero-order chi connectivity index (χ0) is 30.0. The average Bonchev–Trinajstić information content (AvgIpc) is 3.22. The smallest absolute Gasteiger partial charge is 0.282 e. The fraction of sp³-hybridized carbons (Fsp3) is 0.219. The highest BCUT2D eigenvalue weighted by Crippen LogP contribution is 2.37. The Morgan fingerprint density at radius 2 is 1.64 bits per heavy atom. The summed E-state index contributed by atoms with van der Waals surface area (Å²) < 4.78 is 35.1. The highest BCUT2D eigenvalue weighted by Gasteiger charge is 2.25. The second kappa shape index (κ2) is 11.9. The van der Waals surface area contributed by atoms with Gasteiger partial charge in [-0.1, -0.05) is 24.3 Å². The van der Waals surface area contributed by atoms with Crippen LogP contribution in [-0.2, 0) is 20.0 Å². The largest absolute Gasteiger partial charge is 0.493 e.